The van der Waals surface area contributed by atoms with Gasteiger partial charge in [-0.15, -0.1) is 0 Å². The Bertz CT molecular complexity index is 1450. The van der Waals surface area contributed by atoms with Crippen LogP contribution in [0.2, 0.25) is 0 Å². The molecule has 4 nitrogen and oxygen atoms in total. The van der Waals surface area contributed by atoms with Crippen LogP contribution in [0.15, 0.2) is 76.6 Å². The summed E-state index contributed by atoms with van der Waals surface area (Å²) in [5.41, 5.74) is 1.24. The van der Waals surface area contributed by atoms with Crippen molar-refractivity contribution in [2.24, 2.45) is 4.99 Å². The Labute approximate surface area is 202 Å². The predicted octanol–water partition coefficient (Wildman–Crippen LogP) is 7.21. The molecule has 2 atom stereocenters. The SMILES string of the molecule is CCCC1=Nc2c(cccc2C(F)(F)F)C2CC12c1cccc(Oc2cccc(S(C)(=O)=O)c2)c1. The van der Waals surface area contributed by atoms with E-state index in [1.165, 1.54) is 18.2 Å². The molecule has 2 unspecified atom stereocenters. The van der Waals surface area contributed by atoms with Gasteiger partial charge in [0.1, 0.15) is 11.5 Å². The number of nitrogens with zero attached hydrogens (tertiary/aromatic N) is 1. The summed E-state index contributed by atoms with van der Waals surface area (Å²) in [6.45, 7) is 1.99. The van der Waals surface area contributed by atoms with Gasteiger partial charge < -0.3 is 4.74 Å². The summed E-state index contributed by atoms with van der Waals surface area (Å²) in [5, 5.41) is 0. The van der Waals surface area contributed by atoms with Crippen LogP contribution in [0.4, 0.5) is 18.9 Å². The Balaban J connectivity index is 1.54. The lowest BCUT2D eigenvalue weighted by Crippen LogP contribution is -2.25. The molecular formula is C27H24F3NO3S. The molecule has 0 saturated heterocycles. The van der Waals surface area contributed by atoms with Crippen molar-refractivity contribution in [2.45, 2.75) is 48.6 Å². The lowest BCUT2D eigenvalue weighted by Gasteiger charge is -2.27. The third-order valence-electron chi connectivity index (χ3n) is 6.78. The molecule has 0 amide bonds. The number of fused-ring (bicyclic) bond motifs is 3. The Morgan fingerprint density at radius 2 is 1.71 bits per heavy atom. The minimum Gasteiger partial charge on any atom is -0.457 e. The molecule has 3 aromatic rings. The summed E-state index contributed by atoms with van der Waals surface area (Å²) in [5.74, 6) is 0.836. The van der Waals surface area contributed by atoms with Gasteiger partial charge in [0.2, 0.25) is 0 Å². The van der Waals surface area contributed by atoms with Gasteiger partial charge in [0.05, 0.1) is 16.1 Å². The van der Waals surface area contributed by atoms with Crippen LogP contribution in [0.25, 0.3) is 0 Å². The zero-order valence-corrected chi connectivity index (χ0v) is 20.1. The fourth-order valence-electron chi connectivity index (χ4n) is 5.13. The first-order valence-electron chi connectivity index (χ1n) is 11.4. The largest absolute Gasteiger partial charge is 0.457 e. The van der Waals surface area contributed by atoms with Crippen LogP contribution in [0.5, 0.6) is 11.5 Å². The molecule has 2 aliphatic rings. The Morgan fingerprint density at radius 3 is 2.40 bits per heavy atom. The van der Waals surface area contributed by atoms with E-state index in [0.717, 1.165) is 30.0 Å². The number of rotatable bonds is 6. The van der Waals surface area contributed by atoms with E-state index in [1.54, 1.807) is 24.3 Å². The number of benzene rings is 3. The fourth-order valence-corrected chi connectivity index (χ4v) is 5.79. The normalized spacial score (nSPS) is 21.1. The summed E-state index contributed by atoms with van der Waals surface area (Å²) < 4.78 is 70.8. The van der Waals surface area contributed by atoms with E-state index >= 15 is 0 Å². The molecule has 0 bridgehead atoms. The standard InChI is InChI=1S/C27H24F3NO3S/c1-3-7-24-26(16-23(26)21-12-6-13-22(25(21)31-24)27(28,29)30)17-8-4-9-18(14-17)34-19-10-5-11-20(15-19)35(2,32)33/h4-6,8-15,23H,3,7,16H2,1-2H3. The van der Waals surface area contributed by atoms with Crippen LogP contribution in [-0.4, -0.2) is 20.4 Å². The van der Waals surface area contributed by atoms with Crippen molar-refractivity contribution in [1.82, 2.24) is 0 Å². The van der Waals surface area contributed by atoms with Gasteiger partial charge in [-0.3, -0.25) is 4.99 Å². The minimum atomic E-state index is -4.46. The molecule has 0 spiro atoms. The summed E-state index contributed by atoms with van der Waals surface area (Å²) in [7, 11) is -3.38. The van der Waals surface area contributed by atoms with Crippen LogP contribution in [0.3, 0.4) is 0 Å². The fraction of sp³-hybridized carbons (Fsp3) is 0.296. The minimum absolute atomic E-state index is 0.0477. The van der Waals surface area contributed by atoms with Crippen molar-refractivity contribution in [3.8, 4) is 11.5 Å². The number of alkyl halides is 3. The van der Waals surface area contributed by atoms with Gasteiger partial charge in [0.15, 0.2) is 9.84 Å². The van der Waals surface area contributed by atoms with Gasteiger partial charge in [-0.05, 0) is 60.4 Å². The molecule has 1 aliphatic heterocycles. The van der Waals surface area contributed by atoms with Gasteiger partial charge in [0.25, 0.3) is 0 Å². The highest BCUT2D eigenvalue weighted by Crippen LogP contribution is 2.67. The quantitative estimate of drug-likeness (QED) is 0.360. The van der Waals surface area contributed by atoms with Crippen molar-refractivity contribution in [3.05, 3.63) is 83.4 Å². The molecule has 5 rings (SSSR count). The molecular weight excluding hydrogens is 475 g/mol. The maximum Gasteiger partial charge on any atom is 0.418 e. The van der Waals surface area contributed by atoms with Crippen molar-refractivity contribution in [3.63, 3.8) is 0 Å². The van der Waals surface area contributed by atoms with E-state index < -0.39 is 27.0 Å². The number of sulfone groups is 1. The maximum atomic E-state index is 13.7. The highest BCUT2D eigenvalue weighted by Gasteiger charge is 2.62. The van der Waals surface area contributed by atoms with Crippen LogP contribution in [-0.2, 0) is 21.4 Å². The summed E-state index contributed by atoms with van der Waals surface area (Å²) >= 11 is 0. The average molecular weight is 500 g/mol. The molecule has 0 aromatic heterocycles. The molecule has 1 fully saturated rings. The second-order valence-electron chi connectivity index (χ2n) is 9.15. The van der Waals surface area contributed by atoms with E-state index in [4.69, 9.17) is 4.74 Å². The third-order valence-corrected chi connectivity index (χ3v) is 7.89. The number of hydrogen-bond acceptors (Lipinski definition) is 4. The molecule has 1 aliphatic carbocycles. The van der Waals surface area contributed by atoms with Crippen LogP contribution in [0, 0.1) is 0 Å². The van der Waals surface area contributed by atoms with Gasteiger partial charge in [-0.25, -0.2) is 8.42 Å². The molecule has 1 heterocycles. The molecule has 8 heteroatoms. The zero-order valence-electron chi connectivity index (χ0n) is 19.3. The van der Waals surface area contributed by atoms with Crippen molar-refractivity contribution in [2.75, 3.05) is 6.26 Å². The number of halogens is 3. The first-order valence-corrected chi connectivity index (χ1v) is 13.3. The second-order valence-corrected chi connectivity index (χ2v) is 11.2. The highest BCUT2D eigenvalue weighted by molar-refractivity contribution is 7.90. The van der Waals surface area contributed by atoms with Crippen molar-refractivity contribution < 1.29 is 26.3 Å². The van der Waals surface area contributed by atoms with E-state index in [9.17, 15) is 21.6 Å². The zero-order chi connectivity index (χ0) is 25.0. The number of hydrogen-bond donors (Lipinski definition) is 0. The molecule has 182 valence electrons. The topological polar surface area (TPSA) is 55.7 Å². The highest BCUT2D eigenvalue weighted by atomic mass is 32.2. The average Bonchev–Trinajstić information content (AvgIpc) is 3.56. The van der Waals surface area contributed by atoms with Gasteiger partial charge in [0, 0.05) is 23.3 Å². The van der Waals surface area contributed by atoms with Crippen LogP contribution < -0.4 is 4.74 Å². The lowest BCUT2D eigenvalue weighted by atomic mass is 9.81. The molecule has 0 radical (unpaired) electrons. The van der Waals surface area contributed by atoms with Crippen LogP contribution in [0.1, 0.15) is 48.8 Å². The maximum absolute atomic E-state index is 13.7. The monoisotopic (exact) mass is 499 g/mol. The van der Waals surface area contributed by atoms with E-state index in [2.05, 4.69) is 4.99 Å². The molecule has 35 heavy (non-hydrogen) atoms. The second kappa shape index (κ2) is 8.22. The molecule has 3 aromatic carbocycles. The number of aliphatic imine (C=N–C) groups is 1. The predicted molar refractivity (Wildman–Crippen MR) is 129 cm³/mol. The van der Waals surface area contributed by atoms with Crippen LogP contribution >= 0.6 is 0 Å². The summed E-state index contributed by atoms with van der Waals surface area (Å²) in [6.07, 6.45) is -1.27. The third kappa shape index (κ3) is 4.14. The first-order chi connectivity index (χ1) is 16.5. The smallest absolute Gasteiger partial charge is 0.418 e. The Morgan fingerprint density at radius 1 is 1.03 bits per heavy atom. The van der Waals surface area contributed by atoms with Gasteiger partial charge in [-0.2, -0.15) is 13.2 Å². The Kier molecular flexibility index (Phi) is 5.55. The summed E-state index contributed by atoms with van der Waals surface area (Å²) in [6, 6.07) is 18.1. The van der Waals surface area contributed by atoms with Crippen molar-refractivity contribution >= 4 is 21.2 Å². The van der Waals surface area contributed by atoms with E-state index in [0.29, 0.717) is 29.9 Å². The Hall–Kier alpha value is -3.13. The lowest BCUT2D eigenvalue weighted by molar-refractivity contribution is -0.137. The number of ether oxygens (including phenoxy) is 1. The van der Waals surface area contributed by atoms with Gasteiger partial charge in [-0.1, -0.05) is 43.7 Å². The van der Waals surface area contributed by atoms with E-state index in [1.807, 2.05) is 25.1 Å². The van der Waals surface area contributed by atoms with Crippen molar-refractivity contribution in [1.29, 1.82) is 0 Å². The summed E-state index contributed by atoms with van der Waals surface area (Å²) in [4.78, 5) is 4.78. The van der Waals surface area contributed by atoms with Gasteiger partial charge >= 0.3 is 6.18 Å². The number of para-hydroxylation sites is 1. The van der Waals surface area contributed by atoms with E-state index in [-0.39, 0.29) is 16.5 Å². The molecule has 0 N–H and O–H groups in total. The molecule has 1 saturated carbocycles. The first kappa shape index (κ1) is 23.6.